The quantitative estimate of drug-likeness (QED) is 0.768. The molecule has 2 aromatic rings. The van der Waals surface area contributed by atoms with E-state index >= 15 is 0 Å². The molecule has 2 N–H and O–H groups in total. The van der Waals surface area contributed by atoms with Gasteiger partial charge >= 0.3 is 6.01 Å². The molecule has 1 heterocycles. The average molecular weight is 262 g/mol. The first kappa shape index (κ1) is 13.5. The highest BCUT2D eigenvalue weighted by molar-refractivity contribution is 5.28. The number of anilines is 1. The molecule has 0 atom stereocenters. The zero-order chi connectivity index (χ0) is 13.5. The predicted octanol–water partition coefficient (Wildman–Crippen LogP) is 0.788. The van der Waals surface area contributed by atoms with Crippen molar-refractivity contribution < 1.29 is 9.52 Å². The second-order valence-corrected chi connectivity index (χ2v) is 4.14. The molecule has 0 saturated carbocycles. The molecule has 0 aliphatic heterocycles. The number of rotatable bonds is 7. The third-order valence-electron chi connectivity index (χ3n) is 2.64. The summed E-state index contributed by atoms with van der Waals surface area (Å²) in [5, 5.41) is 20.1. The summed E-state index contributed by atoms with van der Waals surface area (Å²) in [7, 11) is 1.82. The maximum atomic E-state index is 9.14. The first-order valence-corrected chi connectivity index (χ1v) is 6.20. The molecule has 0 radical (unpaired) electrons. The number of aliphatic hydroxyl groups is 1. The SMILES string of the molecule is CNCc1nnc(N(CCO)Cc2ccccc2)o1. The fraction of sp³-hybridized carbons (Fsp3) is 0.385. The molecule has 0 unspecified atom stereocenters. The minimum atomic E-state index is 0.0383. The van der Waals surface area contributed by atoms with E-state index in [2.05, 4.69) is 15.5 Å². The molecule has 19 heavy (non-hydrogen) atoms. The van der Waals surface area contributed by atoms with Crippen LogP contribution in [-0.4, -0.2) is 35.5 Å². The molecule has 0 fully saturated rings. The largest absolute Gasteiger partial charge is 0.407 e. The number of aromatic nitrogens is 2. The lowest BCUT2D eigenvalue weighted by atomic mass is 10.2. The van der Waals surface area contributed by atoms with Gasteiger partial charge < -0.3 is 19.7 Å². The Balaban J connectivity index is 2.10. The van der Waals surface area contributed by atoms with E-state index in [-0.39, 0.29) is 6.61 Å². The number of aliphatic hydroxyl groups excluding tert-OH is 1. The summed E-state index contributed by atoms with van der Waals surface area (Å²) in [5.74, 6) is 0.536. The van der Waals surface area contributed by atoms with Crippen LogP contribution in [0.15, 0.2) is 34.7 Å². The van der Waals surface area contributed by atoms with Crippen LogP contribution in [0.4, 0.5) is 6.01 Å². The van der Waals surface area contributed by atoms with Crippen molar-refractivity contribution in [3.05, 3.63) is 41.8 Å². The lowest BCUT2D eigenvalue weighted by molar-refractivity contribution is 0.297. The van der Waals surface area contributed by atoms with Gasteiger partial charge in [0.25, 0.3) is 0 Å². The molecule has 2 rings (SSSR count). The maximum absolute atomic E-state index is 9.14. The Labute approximate surface area is 112 Å². The summed E-state index contributed by atoms with van der Waals surface area (Å²) < 4.78 is 5.54. The molecule has 6 nitrogen and oxygen atoms in total. The summed E-state index contributed by atoms with van der Waals surface area (Å²) in [6, 6.07) is 10.4. The van der Waals surface area contributed by atoms with Crippen LogP contribution in [0, 0.1) is 0 Å². The van der Waals surface area contributed by atoms with Crippen LogP contribution in [0.5, 0.6) is 0 Å². The Morgan fingerprint density at radius 2 is 2.05 bits per heavy atom. The second kappa shape index (κ2) is 6.86. The van der Waals surface area contributed by atoms with Crippen LogP contribution in [0.1, 0.15) is 11.5 Å². The molecule has 1 aromatic carbocycles. The van der Waals surface area contributed by atoms with Gasteiger partial charge in [0, 0.05) is 13.1 Å². The number of nitrogens with one attached hydrogen (secondary N) is 1. The van der Waals surface area contributed by atoms with Crippen LogP contribution in [-0.2, 0) is 13.1 Å². The number of hydrogen-bond acceptors (Lipinski definition) is 6. The van der Waals surface area contributed by atoms with Gasteiger partial charge in [0.2, 0.25) is 5.89 Å². The summed E-state index contributed by atoms with van der Waals surface area (Å²) in [6.07, 6.45) is 0. The first-order chi connectivity index (χ1) is 9.33. The maximum Gasteiger partial charge on any atom is 0.318 e. The molecule has 102 valence electrons. The highest BCUT2D eigenvalue weighted by Crippen LogP contribution is 2.15. The van der Waals surface area contributed by atoms with Gasteiger partial charge in [-0.15, -0.1) is 5.10 Å². The van der Waals surface area contributed by atoms with Crippen molar-refractivity contribution in [2.24, 2.45) is 0 Å². The van der Waals surface area contributed by atoms with E-state index in [1.54, 1.807) is 0 Å². The van der Waals surface area contributed by atoms with E-state index in [4.69, 9.17) is 9.52 Å². The standard InChI is InChI=1S/C13H18N4O2/c1-14-9-12-15-16-13(19-12)17(7-8-18)10-11-5-3-2-4-6-11/h2-6,14,18H,7-10H2,1H3. The fourth-order valence-electron chi connectivity index (χ4n) is 1.76. The van der Waals surface area contributed by atoms with E-state index in [1.165, 1.54) is 0 Å². The van der Waals surface area contributed by atoms with Crippen LogP contribution >= 0.6 is 0 Å². The van der Waals surface area contributed by atoms with Crippen molar-refractivity contribution in [1.82, 2.24) is 15.5 Å². The van der Waals surface area contributed by atoms with Crippen molar-refractivity contribution in [3.63, 3.8) is 0 Å². The smallest absolute Gasteiger partial charge is 0.318 e. The van der Waals surface area contributed by atoms with Gasteiger partial charge in [-0.2, -0.15) is 0 Å². The summed E-state index contributed by atoms with van der Waals surface area (Å²) >= 11 is 0. The van der Waals surface area contributed by atoms with E-state index < -0.39 is 0 Å². The highest BCUT2D eigenvalue weighted by Gasteiger charge is 2.14. The molecule has 0 amide bonds. The van der Waals surface area contributed by atoms with Crippen LogP contribution in [0.25, 0.3) is 0 Å². The molecule has 0 aliphatic rings. The third kappa shape index (κ3) is 3.77. The van der Waals surface area contributed by atoms with Crippen molar-refractivity contribution >= 4 is 6.01 Å². The lowest BCUT2D eigenvalue weighted by Gasteiger charge is -2.18. The summed E-state index contributed by atoms with van der Waals surface area (Å²) in [5.41, 5.74) is 1.13. The lowest BCUT2D eigenvalue weighted by Crippen LogP contribution is -2.26. The number of nitrogens with zero attached hydrogens (tertiary/aromatic N) is 3. The van der Waals surface area contributed by atoms with Gasteiger partial charge in [0.05, 0.1) is 13.2 Å². The molecule has 6 heteroatoms. The van der Waals surface area contributed by atoms with Crippen molar-refractivity contribution in [2.75, 3.05) is 25.1 Å². The Kier molecular flexibility index (Phi) is 4.88. The van der Waals surface area contributed by atoms with Crippen LogP contribution in [0.3, 0.4) is 0 Å². The molecule has 0 spiro atoms. The van der Waals surface area contributed by atoms with Crippen LogP contribution < -0.4 is 10.2 Å². The van der Waals surface area contributed by atoms with Gasteiger partial charge in [-0.05, 0) is 12.6 Å². The normalized spacial score (nSPS) is 10.6. The van der Waals surface area contributed by atoms with Gasteiger partial charge in [-0.25, -0.2) is 0 Å². The molecular weight excluding hydrogens is 244 g/mol. The van der Waals surface area contributed by atoms with Crippen molar-refractivity contribution in [2.45, 2.75) is 13.1 Å². The minimum absolute atomic E-state index is 0.0383. The predicted molar refractivity (Wildman–Crippen MR) is 71.6 cm³/mol. The van der Waals surface area contributed by atoms with Gasteiger partial charge in [-0.3, -0.25) is 0 Å². The Morgan fingerprint density at radius 1 is 1.26 bits per heavy atom. The average Bonchev–Trinajstić information content (AvgIpc) is 2.88. The van der Waals surface area contributed by atoms with Crippen molar-refractivity contribution in [1.29, 1.82) is 0 Å². The minimum Gasteiger partial charge on any atom is -0.407 e. The monoisotopic (exact) mass is 262 g/mol. The summed E-state index contributed by atoms with van der Waals surface area (Å²) in [6.45, 7) is 1.65. The molecule has 0 saturated heterocycles. The highest BCUT2D eigenvalue weighted by atomic mass is 16.4. The topological polar surface area (TPSA) is 74.4 Å². The van der Waals surface area contributed by atoms with Gasteiger partial charge in [0.1, 0.15) is 0 Å². The van der Waals surface area contributed by atoms with Crippen LogP contribution in [0.2, 0.25) is 0 Å². The van der Waals surface area contributed by atoms with Gasteiger partial charge in [0.15, 0.2) is 0 Å². The number of benzene rings is 1. The Hall–Kier alpha value is -1.92. The third-order valence-corrected chi connectivity index (χ3v) is 2.64. The molecule has 0 bridgehead atoms. The van der Waals surface area contributed by atoms with Gasteiger partial charge in [-0.1, -0.05) is 35.4 Å². The Bertz CT molecular complexity index is 486. The van der Waals surface area contributed by atoms with E-state index in [1.807, 2.05) is 42.3 Å². The Morgan fingerprint density at radius 3 is 2.74 bits per heavy atom. The zero-order valence-electron chi connectivity index (χ0n) is 10.9. The zero-order valence-corrected chi connectivity index (χ0v) is 10.9. The number of hydrogen-bond donors (Lipinski definition) is 2. The molecule has 0 aliphatic carbocycles. The van der Waals surface area contributed by atoms with E-state index in [0.717, 1.165) is 5.56 Å². The first-order valence-electron chi connectivity index (χ1n) is 6.20. The summed E-state index contributed by atoms with van der Waals surface area (Å²) in [4.78, 5) is 1.86. The van der Waals surface area contributed by atoms with E-state index in [0.29, 0.717) is 31.5 Å². The molecular formula is C13H18N4O2. The van der Waals surface area contributed by atoms with E-state index in [9.17, 15) is 0 Å². The van der Waals surface area contributed by atoms with Crippen molar-refractivity contribution in [3.8, 4) is 0 Å². The fourth-order valence-corrected chi connectivity index (χ4v) is 1.76. The second-order valence-electron chi connectivity index (χ2n) is 4.14. The molecule has 1 aromatic heterocycles.